The molecule has 2 rings (SSSR count). The highest BCUT2D eigenvalue weighted by molar-refractivity contribution is 5.97. The van der Waals surface area contributed by atoms with Gasteiger partial charge in [0.05, 0.1) is 7.11 Å². The first-order valence-corrected chi connectivity index (χ1v) is 8.39. The van der Waals surface area contributed by atoms with Gasteiger partial charge >= 0.3 is 0 Å². The van der Waals surface area contributed by atoms with Crippen molar-refractivity contribution in [3.8, 4) is 11.8 Å². The van der Waals surface area contributed by atoms with E-state index in [1.165, 1.54) is 12.6 Å². The zero-order valence-electron chi connectivity index (χ0n) is 14.4. The zero-order chi connectivity index (χ0) is 17.4. The minimum atomic E-state index is -0.202. The Hall–Kier alpha value is -2.48. The van der Waals surface area contributed by atoms with Crippen LogP contribution in [0, 0.1) is 11.3 Å². The van der Waals surface area contributed by atoms with E-state index in [4.69, 9.17) is 4.74 Å². The van der Waals surface area contributed by atoms with Crippen LogP contribution in [0.15, 0.2) is 36.0 Å². The summed E-state index contributed by atoms with van der Waals surface area (Å²) in [5.74, 6) is 0.600. The van der Waals surface area contributed by atoms with Gasteiger partial charge in [0.15, 0.2) is 0 Å². The third kappa shape index (κ3) is 4.76. The van der Waals surface area contributed by atoms with E-state index >= 15 is 0 Å². The Morgan fingerprint density at radius 3 is 2.58 bits per heavy atom. The number of rotatable bonds is 6. The molecule has 1 aliphatic rings. The Morgan fingerprint density at radius 2 is 2.00 bits per heavy atom. The molecule has 1 aromatic carbocycles. The molecule has 1 aliphatic carbocycles. The second-order valence-electron chi connectivity index (χ2n) is 6.11. The van der Waals surface area contributed by atoms with Crippen molar-refractivity contribution >= 4 is 5.91 Å². The molecule has 1 saturated carbocycles. The average Bonchev–Trinajstić information content (AvgIpc) is 2.65. The molecule has 24 heavy (non-hydrogen) atoms. The van der Waals surface area contributed by atoms with Gasteiger partial charge in [-0.2, -0.15) is 5.26 Å². The molecule has 0 heterocycles. The number of likely N-dealkylation sites (N-methyl/N-ethyl adjacent to an activating group) is 1. The van der Waals surface area contributed by atoms with E-state index in [2.05, 4.69) is 5.32 Å². The number of carbonyl (C=O) groups is 1. The van der Waals surface area contributed by atoms with Crippen molar-refractivity contribution in [2.75, 3.05) is 14.2 Å². The molecule has 5 heteroatoms. The maximum absolute atomic E-state index is 12.5. The van der Waals surface area contributed by atoms with E-state index in [0.717, 1.165) is 37.0 Å². The number of nitrogens with zero attached hydrogens (tertiary/aromatic N) is 2. The number of hydrogen-bond acceptors (Lipinski definition) is 4. The van der Waals surface area contributed by atoms with Gasteiger partial charge in [0.1, 0.15) is 17.4 Å². The molecular formula is C19H25N3O2. The summed E-state index contributed by atoms with van der Waals surface area (Å²) >= 11 is 0. The highest BCUT2D eigenvalue weighted by atomic mass is 16.5. The number of ether oxygens (including phenoxy) is 1. The molecule has 0 saturated heterocycles. The van der Waals surface area contributed by atoms with Gasteiger partial charge in [-0.25, -0.2) is 0 Å². The SMILES string of the molecule is COc1ccc(CN/C=C(/C#N)C(=O)N(C)C2CCCCC2)cc1. The van der Waals surface area contributed by atoms with Gasteiger partial charge in [0.25, 0.3) is 5.91 Å². The molecule has 1 N–H and O–H groups in total. The molecular weight excluding hydrogens is 302 g/mol. The Balaban J connectivity index is 1.92. The predicted octanol–water partition coefficient (Wildman–Crippen LogP) is 2.98. The van der Waals surface area contributed by atoms with E-state index in [-0.39, 0.29) is 17.5 Å². The quantitative estimate of drug-likeness (QED) is 0.644. The van der Waals surface area contributed by atoms with Gasteiger partial charge in [0.2, 0.25) is 0 Å². The van der Waals surface area contributed by atoms with Crippen LogP contribution in [0.1, 0.15) is 37.7 Å². The van der Waals surface area contributed by atoms with E-state index in [0.29, 0.717) is 6.54 Å². The summed E-state index contributed by atoms with van der Waals surface area (Å²) in [7, 11) is 3.43. The fourth-order valence-corrected chi connectivity index (χ4v) is 2.98. The van der Waals surface area contributed by atoms with Crippen molar-refractivity contribution in [1.82, 2.24) is 10.2 Å². The van der Waals surface area contributed by atoms with Crippen molar-refractivity contribution in [2.24, 2.45) is 0 Å². The number of amides is 1. The summed E-state index contributed by atoms with van der Waals surface area (Å²) in [6.45, 7) is 0.551. The third-order valence-electron chi connectivity index (χ3n) is 4.51. The number of hydrogen-bond donors (Lipinski definition) is 1. The molecule has 0 radical (unpaired) electrons. The molecule has 0 aromatic heterocycles. The molecule has 1 amide bonds. The average molecular weight is 327 g/mol. The van der Waals surface area contributed by atoms with Crippen molar-refractivity contribution < 1.29 is 9.53 Å². The Morgan fingerprint density at radius 1 is 1.33 bits per heavy atom. The normalized spacial score (nSPS) is 15.5. The van der Waals surface area contributed by atoms with Crippen molar-refractivity contribution in [2.45, 2.75) is 44.7 Å². The van der Waals surface area contributed by atoms with Crippen LogP contribution < -0.4 is 10.1 Å². The number of carbonyl (C=O) groups excluding carboxylic acids is 1. The van der Waals surface area contributed by atoms with Crippen LogP contribution in [0.3, 0.4) is 0 Å². The first-order chi connectivity index (χ1) is 11.7. The Kier molecular flexibility index (Phi) is 6.68. The maximum Gasteiger partial charge on any atom is 0.265 e. The second-order valence-corrected chi connectivity index (χ2v) is 6.11. The Bertz CT molecular complexity index is 610. The first-order valence-electron chi connectivity index (χ1n) is 8.39. The maximum atomic E-state index is 12.5. The lowest BCUT2D eigenvalue weighted by Gasteiger charge is -2.31. The van der Waals surface area contributed by atoms with E-state index in [1.807, 2.05) is 30.3 Å². The molecule has 0 unspecified atom stereocenters. The molecule has 0 bridgehead atoms. The lowest BCUT2D eigenvalue weighted by atomic mass is 9.94. The van der Waals surface area contributed by atoms with Crippen molar-refractivity contribution in [3.63, 3.8) is 0 Å². The largest absolute Gasteiger partial charge is 0.497 e. The predicted molar refractivity (Wildman–Crippen MR) is 93.2 cm³/mol. The highest BCUT2D eigenvalue weighted by Gasteiger charge is 2.24. The monoisotopic (exact) mass is 327 g/mol. The summed E-state index contributed by atoms with van der Waals surface area (Å²) < 4.78 is 5.12. The van der Waals surface area contributed by atoms with Crippen molar-refractivity contribution in [3.05, 3.63) is 41.6 Å². The molecule has 1 fully saturated rings. The fraction of sp³-hybridized carbons (Fsp3) is 0.474. The van der Waals surface area contributed by atoms with Crippen LogP contribution >= 0.6 is 0 Å². The molecule has 0 aliphatic heterocycles. The van der Waals surface area contributed by atoms with Crippen LogP contribution in [-0.2, 0) is 11.3 Å². The standard InChI is InChI=1S/C19H25N3O2/c1-22(17-6-4-3-5-7-17)19(23)16(12-20)14-21-13-15-8-10-18(24-2)11-9-15/h8-11,14,17,21H,3-7,13H2,1-2H3/b16-14-. The van der Waals surface area contributed by atoms with Gasteiger partial charge in [-0.15, -0.1) is 0 Å². The van der Waals surface area contributed by atoms with Crippen LogP contribution in [0.2, 0.25) is 0 Å². The van der Waals surface area contributed by atoms with Crippen LogP contribution in [-0.4, -0.2) is 31.0 Å². The Labute approximate surface area is 143 Å². The zero-order valence-corrected chi connectivity index (χ0v) is 14.4. The number of benzene rings is 1. The summed E-state index contributed by atoms with van der Waals surface area (Å²) in [6.07, 6.45) is 7.13. The molecule has 1 aromatic rings. The molecule has 0 spiro atoms. The van der Waals surface area contributed by atoms with Gasteiger partial charge in [-0.1, -0.05) is 31.4 Å². The minimum absolute atomic E-state index is 0.150. The van der Waals surface area contributed by atoms with Crippen LogP contribution in [0.4, 0.5) is 0 Å². The van der Waals surface area contributed by atoms with Gasteiger partial charge < -0.3 is 15.0 Å². The van der Waals surface area contributed by atoms with Crippen LogP contribution in [0.5, 0.6) is 5.75 Å². The second kappa shape index (κ2) is 8.97. The van der Waals surface area contributed by atoms with Gasteiger partial charge in [-0.3, -0.25) is 4.79 Å². The number of nitrogens with one attached hydrogen (secondary N) is 1. The third-order valence-corrected chi connectivity index (χ3v) is 4.51. The van der Waals surface area contributed by atoms with E-state index in [1.54, 1.807) is 19.1 Å². The summed E-state index contributed by atoms with van der Waals surface area (Å²) in [5.41, 5.74) is 1.20. The first kappa shape index (κ1) is 17.9. The lowest BCUT2D eigenvalue weighted by molar-refractivity contribution is -0.128. The molecule has 0 atom stereocenters. The topological polar surface area (TPSA) is 65.4 Å². The molecule has 128 valence electrons. The fourth-order valence-electron chi connectivity index (χ4n) is 2.98. The highest BCUT2D eigenvalue weighted by Crippen LogP contribution is 2.22. The number of nitriles is 1. The summed E-state index contributed by atoms with van der Waals surface area (Å²) in [4.78, 5) is 14.2. The van der Waals surface area contributed by atoms with Gasteiger partial charge in [-0.05, 0) is 30.5 Å². The van der Waals surface area contributed by atoms with E-state index in [9.17, 15) is 10.1 Å². The lowest BCUT2D eigenvalue weighted by Crippen LogP contribution is -2.39. The van der Waals surface area contributed by atoms with Crippen LogP contribution in [0.25, 0.3) is 0 Å². The summed E-state index contributed by atoms with van der Waals surface area (Å²) in [5, 5.41) is 12.3. The smallest absolute Gasteiger partial charge is 0.265 e. The number of methoxy groups -OCH3 is 1. The van der Waals surface area contributed by atoms with Crippen molar-refractivity contribution in [1.29, 1.82) is 5.26 Å². The minimum Gasteiger partial charge on any atom is -0.497 e. The van der Waals surface area contributed by atoms with E-state index < -0.39 is 0 Å². The molecule has 5 nitrogen and oxygen atoms in total. The summed E-state index contributed by atoms with van der Waals surface area (Å²) in [6, 6.07) is 9.93. The van der Waals surface area contributed by atoms with Gasteiger partial charge in [0, 0.05) is 25.8 Å².